The van der Waals surface area contributed by atoms with E-state index in [0.29, 0.717) is 17.3 Å². The van der Waals surface area contributed by atoms with E-state index in [0.717, 1.165) is 5.69 Å². The van der Waals surface area contributed by atoms with Gasteiger partial charge in [-0.05, 0) is 42.5 Å². The van der Waals surface area contributed by atoms with E-state index in [1.54, 1.807) is 59.5 Å². The van der Waals surface area contributed by atoms with Crippen LogP contribution in [0.2, 0.25) is 0 Å². The smallest absolute Gasteiger partial charge is 0.323 e. The standard InChI is InChI=1S/C20H16FN7O/c21-16-4-1-2-5-17(16)27-20(29)26-15-8-6-14(7-9-15)25-18-12-19(23-13-22-18)28-11-3-10-24-28/h1-13H,(H,22,23,25)(H2,26,27,29). The van der Waals surface area contributed by atoms with E-state index in [2.05, 4.69) is 31.0 Å². The molecule has 2 aromatic heterocycles. The van der Waals surface area contributed by atoms with Crippen LogP contribution < -0.4 is 16.0 Å². The summed E-state index contributed by atoms with van der Waals surface area (Å²) < 4.78 is 15.2. The van der Waals surface area contributed by atoms with Crippen molar-refractivity contribution in [3.8, 4) is 5.82 Å². The Labute approximate surface area is 165 Å². The van der Waals surface area contributed by atoms with Gasteiger partial charge in [-0.25, -0.2) is 23.8 Å². The number of para-hydroxylation sites is 1. The molecule has 0 unspecified atom stereocenters. The van der Waals surface area contributed by atoms with Crippen molar-refractivity contribution in [2.75, 3.05) is 16.0 Å². The second-order valence-electron chi connectivity index (χ2n) is 5.97. The molecule has 9 heteroatoms. The summed E-state index contributed by atoms with van der Waals surface area (Å²) in [5, 5.41) is 12.4. The fraction of sp³-hybridized carbons (Fsp3) is 0. The molecule has 29 heavy (non-hydrogen) atoms. The number of benzene rings is 2. The summed E-state index contributed by atoms with van der Waals surface area (Å²) in [6, 6.07) is 16.0. The number of halogens is 1. The maximum atomic E-state index is 13.6. The van der Waals surface area contributed by atoms with Crippen molar-refractivity contribution in [3.63, 3.8) is 0 Å². The largest absolute Gasteiger partial charge is 0.340 e. The van der Waals surface area contributed by atoms with Crippen LogP contribution in [-0.2, 0) is 0 Å². The number of anilines is 4. The number of nitrogens with one attached hydrogen (secondary N) is 3. The number of hydrogen-bond acceptors (Lipinski definition) is 5. The molecule has 0 spiro atoms. The Morgan fingerprint density at radius 2 is 1.72 bits per heavy atom. The van der Waals surface area contributed by atoms with E-state index in [1.807, 2.05) is 6.07 Å². The van der Waals surface area contributed by atoms with Crippen molar-refractivity contribution in [2.24, 2.45) is 0 Å². The Kier molecular flexibility index (Phi) is 5.10. The number of carbonyl (C=O) groups excluding carboxylic acids is 1. The molecule has 0 aliphatic carbocycles. The summed E-state index contributed by atoms with van der Waals surface area (Å²) in [5.74, 6) is 0.737. The summed E-state index contributed by atoms with van der Waals surface area (Å²) >= 11 is 0. The molecule has 0 saturated carbocycles. The number of urea groups is 1. The van der Waals surface area contributed by atoms with E-state index in [-0.39, 0.29) is 5.69 Å². The SMILES string of the molecule is O=C(Nc1ccc(Nc2cc(-n3cccn3)ncn2)cc1)Nc1ccccc1F. The monoisotopic (exact) mass is 389 g/mol. The minimum absolute atomic E-state index is 0.111. The summed E-state index contributed by atoms with van der Waals surface area (Å²) in [5.41, 5.74) is 1.44. The molecule has 4 aromatic rings. The van der Waals surface area contributed by atoms with Gasteiger partial charge in [0.2, 0.25) is 0 Å². The van der Waals surface area contributed by atoms with Gasteiger partial charge < -0.3 is 16.0 Å². The zero-order valence-electron chi connectivity index (χ0n) is 15.1. The number of carbonyl (C=O) groups is 1. The molecule has 0 atom stereocenters. The van der Waals surface area contributed by atoms with E-state index < -0.39 is 11.8 Å². The van der Waals surface area contributed by atoms with Gasteiger partial charge in [0.25, 0.3) is 0 Å². The molecule has 0 fully saturated rings. The number of rotatable bonds is 5. The molecule has 0 radical (unpaired) electrons. The maximum Gasteiger partial charge on any atom is 0.323 e. The van der Waals surface area contributed by atoms with Gasteiger partial charge in [0.15, 0.2) is 5.82 Å². The van der Waals surface area contributed by atoms with Gasteiger partial charge in [0.05, 0.1) is 5.69 Å². The third-order valence-corrected chi connectivity index (χ3v) is 3.93. The van der Waals surface area contributed by atoms with Crippen molar-refractivity contribution < 1.29 is 9.18 Å². The number of nitrogens with zero attached hydrogens (tertiary/aromatic N) is 4. The van der Waals surface area contributed by atoms with Crippen LogP contribution >= 0.6 is 0 Å². The van der Waals surface area contributed by atoms with Gasteiger partial charge in [-0.1, -0.05) is 12.1 Å². The Morgan fingerprint density at radius 3 is 2.48 bits per heavy atom. The summed E-state index contributed by atoms with van der Waals surface area (Å²) in [6.07, 6.45) is 4.91. The first-order chi connectivity index (χ1) is 14.2. The predicted molar refractivity (Wildman–Crippen MR) is 108 cm³/mol. The van der Waals surface area contributed by atoms with Crippen LogP contribution in [0.25, 0.3) is 5.82 Å². The lowest BCUT2D eigenvalue weighted by atomic mass is 10.2. The molecule has 2 heterocycles. The number of aromatic nitrogens is 4. The molecular formula is C20H16FN7O. The number of amides is 2. The lowest BCUT2D eigenvalue weighted by molar-refractivity contribution is 0.262. The molecule has 144 valence electrons. The van der Waals surface area contributed by atoms with Crippen molar-refractivity contribution in [2.45, 2.75) is 0 Å². The van der Waals surface area contributed by atoms with E-state index in [9.17, 15) is 9.18 Å². The first kappa shape index (κ1) is 18.1. The van der Waals surface area contributed by atoms with Gasteiger partial charge in [-0.2, -0.15) is 5.10 Å². The minimum Gasteiger partial charge on any atom is -0.340 e. The minimum atomic E-state index is -0.532. The van der Waals surface area contributed by atoms with Crippen molar-refractivity contribution in [3.05, 3.63) is 85.2 Å². The molecule has 4 rings (SSSR count). The lowest BCUT2D eigenvalue weighted by Crippen LogP contribution is -2.20. The molecular weight excluding hydrogens is 373 g/mol. The lowest BCUT2D eigenvalue weighted by Gasteiger charge is -2.10. The van der Waals surface area contributed by atoms with Crippen molar-refractivity contribution in [1.82, 2.24) is 19.7 Å². The number of hydrogen-bond donors (Lipinski definition) is 3. The summed E-state index contributed by atoms with van der Waals surface area (Å²) in [7, 11) is 0. The van der Waals surface area contributed by atoms with Crippen LogP contribution in [0.4, 0.5) is 32.1 Å². The third kappa shape index (κ3) is 4.53. The zero-order chi connectivity index (χ0) is 20.1. The first-order valence-electron chi connectivity index (χ1n) is 8.69. The second-order valence-corrected chi connectivity index (χ2v) is 5.97. The molecule has 2 aromatic carbocycles. The highest BCUT2D eigenvalue weighted by atomic mass is 19.1. The van der Waals surface area contributed by atoms with Crippen LogP contribution in [0.1, 0.15) is 0 Å². The van der Waals surface area contributed by atoms with Crippen LogP contribution in [0, 0.1) is 5.82 Å². The normalized spacial score (nSPS) is 10.4. The Morgan fingerprint density at radius 1 is 0.931 bits per heavy atom. The molecule has 3 N–H and O–H groups in total. The highest BCUT2D eigenvalue weighted by Gasteiger charge is 2.07. The van der Waals surface area contributed by atoms with Gasteiger partial charge in [-0.3, -0.25) is 0 Å². The highest BCUT2D eigenvalue weighted by molar-refractivity contribution is 5.99. The van der Waals surface area contributed by atoms with Crippen LogP contribution in [0.5, 0.6) is 0 Å². The van der Waals surface area contributed by atoms with E-state index in [1.165, 1.54) is 18.5 Å². The van der Waals surface area contributed by atoms with E-state index in [4.69, 9.17) is 0 Å². The molecule has 0 aliphatic rings. The van der Waals surface area contributed by atoms with Crippen molar-refractivity contribution in [1.29, 1.82) is 0 Å². The third-order valence-electron chi connectivity index (χ3n) is 3.93. The quantitative estimate of drug-likeness (QED) is 0.476. The van der Waals surface area contributed by atoms with E-state index >= 15 is 0 Å². The molecule has 2 amide bonds. The topological polar surface area (TPSA) is 96.8 Å². The van der Waals surface area contributed by atoms with Crippen LogP contribution in [0.15, 0.2) is 79.4 Å². The van der Waals surface area contributed by atoms with Gasteiger partial charge in [0, 0.05) is 29.8 Å². The first-order valence-corrected chi connectivity index (χ1v) is 8.69. The zero-order valence-corrected chi connectivity index (χ0v) is 15.1. The summed E-state index contributed by atoms with van der Waals surface area (Å²) in [4.78, 5) is 20.4. The molecule has 8 nitrogen and oxygen atoms in total. The predicted octanol–water partition coefficient (Wildman–Crippen LogP) is 4.19. The van der Waals surface area contributed by atoms with Crippen LogP contribution in [-0.4, -0.2) is 25.8 Å². The van der Waals surface area contributed by atoms with Gasteiger partial charge >= 0.3 is 6.03 Å². The fourth-order valence-electron chi connectivity index (χ4n) is 2.58. The maximum absolute atomic E-state index is 13.6. The average Bonchev–Trinajstić information content (AvgIpc) is 3.26. The Hall–Kier alpha value is -4.27. The average molecular weight is 389 g/mol. The fourth-order valence-corrected chi connectivity index (χ4v) is 2.58. The van der Waals surface area contributed by atoms with Crippen molar-refractivity contribution >= 4 is 28.9 Å². The Bertz CT molecular complexity index is 1110. The Balaban J connectivity index is 1.39. The molecule has 0 bridgehead atoms. The highest BCUT2D eigenvalue weighted by Crippen LogP contribution is 2.19. The summed E-state index contributed by atoms with van der Waals surface area (Å²) in [6.45, 7) is 0. The van der Waals surface area contributed by atoms with Crippen LogP contribution in [0.3, 0.4) is 0 Å². The molecule has 0 aliphatic heterocycles. The van der Waals surface area contributed by atoms with Gasteiger partial charge in [-0.15, -0.1) is 0 Å². The van der Waals surface area contributed by atoms with Gasteiger partial charge in [0.1, 0.15) is 18.0 Å². The second kappa shape index (κ2) is 8.17. The molecule has 0 saturated heterocycles.